The smallest absolute Gasteiger partial charge is 0.0376 e. The predicted molar refractivity (Wildman–Crippen MR) is 92.9 cm³/mol. The summed E-state index contributed by atoms with van der Waals surface area (Å²) in [6.45, 7) is 12.7. The fourth-order valence-corrected chi connectivity index (χ4v) is 3.21. The fourth-order valence-electron chi connectivity index (χ4n) is 3.21. The molecule has 4 N–H and O–H groups in total. The van der Waals surface area contributed by atoms with Crippen molar-refractivity contribution in [1.82, 2.24) is 0 Å². The molecular formula is C19H26N2. The maximum Gasteiger partial charge on any atom is 0.0376 e. The lowest BCUT2D eigenvalue weighted by atomic mass is 9.88. The highest BCUT2D eigenvalue weighted by atomic mass is 14.6. The standard InChI is InChI=1S/C19H26N2/c1-10-7-12(3)18(20)14(5)16(10)9-17-11(2)8-13(4)19(21)15(17)6/h7-8H,9,20-21H2,1-6H3. The molecule has 0 saturated carbocycles. The third kappa shape index (κ3) is 2.63. The molecule has 0 amide bonds. The Bertz CT molecular complexity index is 651. The number of aryl methyl sites for hydroxylation is 4. The van der Waals surface area contributed by atoms with Crippen LogP contribution >= 0.6 is 0 Å². The number of rotatable bonds is 2. The zero-order chi connectivity index (χ0) is 15.9. The van der Waals surface area contributed by atoms with Gasteiger partial charge in [-0.2, -0.15) is 0 Å². The van der Waals surface area contributed by atoms with Crippen molar-refractivity contribution in [2.75, 3.05) is 11.5 Å². The molecule has 0 aliphatic carbocycles. The first-order valence-electron chi connectivity index (χ1n) is 7.44. The molecule has 0 aromatic heterocycles. The number of benzene rings is 2. The zero-order valence-electron chi connectivity index (χ0n) is 14.0. The van der Waals surface area contributed by atoms with Crippen LogP contribution in [0.15, 0.2) is 12.1 Å². The van der Waals surface area contributed by atoms with Gasteiger partial charge in [0, 0.05) is 11.4 Å². The number of nitrogen functional groups attached to an aromatic ring is 2. The molecule has 2 heteroatoms. The Hall–Kier alpha value is -1.96. The molecule has 0 bridgehead atoms. The number of anilines is 2. The maximum atomic E-state index is 6.21. The average Bonchev–Trinajstić information content (AvgIpc) is 2.42. The van der Waals surface area contributed by atoms with E-state index in [4.69, 9.17) is 11.5 Å². The van der Waals surface area contributed by atoms with E-state index < -0.39 is 0 Å². The summed E-state index contributed by atoms with van der Waals surface area (Å²) < 4.78 is 0. The molecule has 0 aliphatic heterocycles. The first kappa shape index (κ1) is 15.4. The Kier molecular flexibility index (Phi) is 3.99. The van der Waals surface area contributed by atoms with Crippen LogP contribution in [0.1, 0.15) is 44.5 Å². The van der Waals surface area contributed by atoms with Crippen LogP contribution in [0.3, 0.4) is 0 Å². The van der Waals surface area contributed by atoms with Gasteiger partial charge in [0.05, 0.1) is 0 Å². The van der Waals surface area contributed by atoms with Crippen LogP contribution in [0.2, 0.25) is 0 Å². The van der Waals surface area contributed by atoms with Gasteiger partial charge in [0.1, 0.15) is 0 Å². The van der Waals surface area contributed by atoms with Crippen LogP contribution in [0.4, 0.5) is 11.4 Å². The molecule has 2 aromatic carbocycles. The van der Waals surface area contributed by atoms with Crippen LogP contribution in [0, 0.1) is 41.5 Å². The van der Waals surface area contributed by atoms with Gasteiger partial charge in [0.25, 0.3) is 0 Å². The lowest BCUT2D eigenvalue weighted by Gasteiger charge is -2.19. The van der Waals surface area contributed by atoms with E-state index >= 15 is 0 Å². The van der Waals surface area contributed by atoms with Crippen LogP contribution in [0.5, 0.6) is 0 Å². The summed E-state index contributed by atoms with van der Waals surface area (Å²) in [7, 11) is 0. The predicted octanol–water partition coefficient (Wildman–Crippen LogP) is 4.29. The number of hydrogen-bond donors (Lipinski definition) is 2. The van der Waals surface area contributed by atoms with E-state index in [-0.39, 0.29) is 0 Å². The van der Waals surface area contributed by atoms with Gasteiger partial charge in [-0.05, 0) is 92.5 Å². The molecule has 0 unspecified atom stereocenters. The molecule has 0 atom stereocenters. The van der Waals surface area contributed by atoms with E-state index in [1.165, 1.54) is 33.4 Å². The monoisotopic (exact) mass is 282 g/mol. The van der Waals surface area contributed by atoms with Crippen LogP contribution in [0.25, 0.3) is 0 Å². The maximum absolute atomic E-state index is 6.21. The Balaban J connectivity index is 2.59. The second-order valence-electron chi connectivity index (χ2n) is 6.23. The molecule has 2 aromatic rings. The van der Waals surface area contributed by atoms with Gasteiger partial charge in [-0.3, -0.25) is 0 Å². The zero-order valence-corrected chi connectivity index (χ0v) is 14.0. The topological polar surface area (TPSA) is 52.0 Å². The minimum absolute atomic E-state index is 0.893. The van der Waals surface area contributed by atoms with Crippen LogP contribution in [-0.4, -0.2) is 0 Å². The molecule has 0 spiro atoms. The van der Waals surface area contributed by atoms with Crippen LogP contribution < -0.4 is 11.5 Å². The van der Waals surface area contributed by atoms with E-state index in [2.05, 4.69) is 53.7 Å². The van der Waals surface area contributed by atoms with Gasteiger partial charge in [-0.15, -0.1) is 0 Å². The highest BCUT2D eigenvalue weighted by Gasteiger charge is 2.14. The molecule has 0 fully saturated rings. The van der Waals surface area contributed by atoms with E-state index in [1.54, 1.807) is 0 Å². The van der Waals surface area contributed by atoms with Gasteiger partial charge in [0.2, 0.25) is 0 Å². The molecule has 21 heavy (non-hydrogen) atoms. The molecular weight excluding hydrogens is 256 g/mol. The van der Waals surface area contributed by atoms with E-state index in [1.807, 2.05) is 0 Å². The minimum Gasteiger partial charge on any atom is -0.398 e. The van der Waals surface area contributed by atoms with Gasteiger partial charge in [-0.25, -0.2) is 0 Å². The van der Waals surface area contributed by atoms with Gasteiger partial charge < -0.3 is 11.5 Å². The highest BCUT2D eigenvalue weighted by Crippen LogP contribution is 2.31. The van der Waals surface area contributed by atoms with Crippen LogP contribution in [-0.2, 0) is 6.42 Å². The third-order valence-electron chi connectivity index (χ3n) is 4.73. The normalized spacial score (nSPS) is 11.0. The molecule has 0 saturated heterocycles. The Morgan fingerprint density at radius 3 is 1.29 bits per heavy atom. The Labute approximate surface area is 128 Å². The highest BCUT2D eigenvalue weighted by molar-refractivity contribution is 5.63. The van der Waals surface area contributed by atoms with Crippen molar-refractivity contribution in [3.05, 3.63) is 56.6 Å². The van der Waals surface area contributed by atoms with Crippen molar-refractivity contribution < 1.29 is 0 Å². The lowest BCUT2D eigenvalue weighted by Crippen LogP contribution is -2.06. The van der Waals surface area contributed by atoms with Gasteiger partial charge in [-0.1, -0.05) is 12.1 Å². The van der Waals surface area contributed by atoms with Crippen molar-refractivity contribution in [2.24, 2.45) is 0 Å². The summed E-state index contributed by atoms with van der Waals surface area (Å²) in [4.78, 5) is 0. The molecule has 0 aliphatic rings. The summed E-state index contributed by atoms with van der Waals surface area (Å²) >= 11 is 0. The minimum atomic E-state index is 0.893. The summed E-state index contributed by atoms with van der Waals surface area (Å²) in [5, 5.41) is 0. The Morgan fingerprint density at radius 2 is 0.952 bits per heavy atom. The van der Waals surface area contributed by atoms with Crippen molar-refractivity contribution in [1.29, 1.82) is 0 Å². The quantitative estimate of drug-likeness (QED) is 0.807. The summed E-state index contributed by atoms with van der Waals surface area (Å²) in [5.41, 5.74) is 24.2. The van der Waals surface area contributed by atoms with Gasteiger partial charge in [0.15, 0.2) is 0 Å². The molecule has 0 radical (unpaired) electrons. The second-order valence-corrected chi connectivity index (χ2v) is 6.23. The first-order chi connectivity index (χ1) is 9.73. The molecule has 0 heterocycles. The second kappa shape index (κ2) is 5.44. The molecule has 2 nitrogen and oxygen atoms in total. The van der Waals surface area contributed by atoms with E-state index in [0.717, 1.165) is 28.9 Å². The van der Waals surface area contributed by atoms with Gasteiger partial charge >= 0.3 is 0 Å². The van der Waals surface area contributed by atoms with Crippen molar-refractivity contribution >= 4 is 11.4 Å². The summed E-state index contributed by atoms with van der Waals surface area (Å²) in [5.74, 6) is 0. The fraction of sp³-hybridized carbons (Fsp3) is 0.368. The average molecular weight is 282 g/mol. The number of nitrogens with two attached hydrogens (primary N) is 2. The summed E-state index contributed by atoms with van der Waals surface area (Å²) in [6.07, 6.45) is 0.893. The SMILES string of the molecule is Cc1cc(C)c(Cc2c(C)cc(C)c(N)c2C)c(C)c1N. The van der Waals surface area contributed by atoms with E-state index in [0.29, 0.717) is 0 Å². The lowest BCUT2D eigenvalue weighted by molar-refractivity contribution is 1.07. The largest absolute Gasteiger partial charge is 0.398 e. The Morgan fingerprint density at radius 1 is 0.619 bits per heavy atom. The third-order valence-corrected chi connectivity index (χ3v) is 4.73. The molecule has 112 valence electrons. The molecule has 2 rings (SSSR count). The van der Waals surface area contributed by atoms with Crippen molar-refractivity contribution in [3.8, 4) is 0 Å². The van der Waals surface area contributed by atoms with Crippen molar-refractivity contribution in [2.45, 2.75) is 48.0 Å². The van der Waals surface area contributed by atoms with Crippen molar-refractivity contribution in [3.63, 3.8) is 0 Å². The van der Waals surface area contributed by atoms with E-state index in [9.17, 15) is 0 Å². The number of hydrogen-bond acceptors (Lipinski definition) is 2. The summed E-state index contributed by atoms with van der Waals surface area (Å²) in [6, 6.07) is 4.36. The first-order valence-corrected chi connectivity index (χ1v) is 7.44.